The van der Waals surface area contributed by atoms with Crippen LogP contribution in [0.3, 0.4) is 0 Å². The molecule has 1 fully saturated rings. The van der Waals surface area contributed by atoms with E-state index in [0.29, 0.717) is 0 Å². The van der Waals surface area contributed by atoms with Gasteiger partial charge in [-0.25, -0.2) is 23.8 Å². The number of nitrogens with zero attached hydrogens (tertiary/aromatic N) is 4. The summed E-state index contributed by atoms with van der Waals surface area (Å²) in [7, 11) is -15.9. The Kier molecular flexibility index (Phi) is 8.83. The molecule has 1 saturated heterocycles. The van der Waals surface area contributed by atoms with Gasteiger partial charge in [0.1, 0.15) is 43.7 Å². The zero-order chi connectivity index (χ0) is 23.2. The number of nitrogen functional groups attached to an aromatic ring is 1. The second-order valence-electron chi connectivity index (χ2n) is 6.39. The van der Waals surface area contributed by atoms with Gasteiger partial charge < -0.3 is 44.8 Å². The van der Waals surface area contributed by atoms with Crippen LogP contribution in [0.25, 0.3) is 11.2 Å². The van der Waals surface area contributed by atoms with Gasteiger partial charge in [-0.3, -0.25) is 13.7 Å². The molecule has 1 aliphatic heterocycles. The number of aromatic nitrogens is 4. The smallest absolute Gasteiger partial charge is 0.778 e. The summed E-state index contributed by atoms with van der Waals surface area (Å²) in [5.41, 5.74) is 6.03. The molecule has 0 bridgehead atoms. The molecular formula is C11H17N5NaO12P3. The van der Waals surface area contributed by atoms with E-state index in [-0.39, 0.29) is 46.5 Å². The summed E-state index contributed by atoms with van der Waals surface area (Å²) in [6.07, 6.45) is -3.59. The molecule has 3 heterocycles. The van der Waals surface area contributed by atoms with Gasteiger partial charge >= 0.3 is 45.0 Å². The van der Waals surface area contributed by atoms with Gasteiger partial charge in [0.05, 0.1) is 12.9 Å². The molecule has 0 amide bonds. The number of imidazole rings is 1. The predicted molar refractivity (Wildman–Crippen MR) is 97.0 cm³/mol. The maximum absolute atomic E-state index is 11.8. The summed E-state index contributed by atoms with van der Waals surface area (Å²) in [6, 6.07) is 0. The van der Waals surface area contributed by atoms with Crippen molar-refractivity contribution in [3.05, 3.63) is 12.7 Å². The molecule has 0 saturated carbocycles. The van der Waals surface area contributed by atoms with Crippen molar-refractivity contribution in [2.24, 2.45) is 0 Å². The first-order chi connectivity index (χ1) is 14.2. The SMILES string of the molecule is Nc1ncnc2c1ncn2C1OC(COP(=O)(O)OP(=O)(O)CP(=O)([O-])O)C(O)C1O.[Na+]. The Morgan fingerprint density at radius 3 is 2.44 bits per heavy atom. The number of rotatable bonds is 8. The maximum atomic E-state index is 11.8. The Morgan fingerprint density at radius 2 is 1.81 bits per heavy atom. The fourth-order valence-corrected chi connectivity index (χ4v) is 7.05. The monoisotopic (exact) mass is 527 g/mol. The number of fused-ring (bicyclic) bond motifs is 1. The summed E-state index contributed by atoms with van der Waals surface area (Å²) in [6.45, 7) is -0.916. The zero-order valence-electron chi connectivity index (χ0n) is 16.2. The molecule has 7 N–H and O–H groups in total. The Labute approximate surface area is 201 Å². The van der Waals surface area contributed by atoms with Crippen LogP contribution in [0.5, 0.6) is 0 Å². The van der Waals surface area contributed by atoms with E-state index in [4.69, 9.17) is 15.4 Å². The van der Waals surface area contributed by atoms with E-state index < -0.39 is 60.1 Å². The van der Waals surface area contributed by atoms with Crippen LogP contribution in [0.15, 0.2) is 12.7 Å². The van der Waals surface area contributed by atoms with Crippen molar-refractivity contribution < 1.29 is 86.6 Å². The largest absolute Gasteiger partial charge is 1.00 e. The molecule has 32 heavy (non-hydrogen) atoms. The molecule has 2 aromatic rings. The van der Waals surface area contributed by atoms with Gasteiger partial charge in [-0.2, -0.15) is 0 Å². The van der Waals surface area contributed by atoms with Crippen LogP contribution in [0.2, 0.25) is 0 Å². The average Bonchev–Trinajstić information content (AvgIpc) is 3.13. The second kappa shape index (κ2) is 10.1. The molecule has 2 aromatic heterocycles. The quantitative estimate of drug-likeness (QED) is 0.138. The fourth-order valence-electron chi connectivity index (χ4n) is 2.76. The Bertz CT molecular complexity index is 1110. The van der Waals surface area contributed by atoms with Crippen LogP contribution in [0, 0.1) is 0 Å². The Morgan fingerprint density at radius 1 is 1.16 bits per heavy atom. The molecule has 174 valence electrons. The van der Waals surface area contributed by atoms with Gasteiger partial charge in [-0.15, -0.1) is 0 Å². The third-order valence-corrected chi connectivity index (χ3v) is 9.17. The van der Waals surface area contributed by atoms with Gasteiger partial charge in [0, 0.05) is 0 Å². The van der Waals surface area contributed by atoms with Gasteiger partial charge in [-0.05, 0) is 0 Å². The van der Waals surface area contributed by atoms with Gasteiger partial charge in [0.2, 0.25) is 0 Å². The first kappa shape index (κ1) is 27.9. The average molecular weight is 527 g/mol. The van der Waals surface area contributed by atoms with Crippen molar-refractivity contribution in [1.82, 2.24) is 19.5 Å². The maximum Gasteiger partial charge on any atom is 1.00 e. The summed E-state index contributed by atoms with van der Waals surface area (Å²) < 4.78 is 49.1. The molecule has 7 unspecified atom stereocenters. The van der Waals surface area contributed by atoms with E-state index in [1.54, 1.807) is 0 Å². The molecule has 7 atom stereocenters. The number of aliphatic hydroxyl groups is 2. The van der Waals surface area contributed by atoms with Crippen molar-refractivity contribution in [3.63, 3.8) is 0 Å². The normalized spacial score (nSPS) is 29.1. The minimum atomic E-state index is -5.34. The van der Waals surface area contributed by atoms with Gasteiger partial charge in [-0.1, -0.05) is 0 Å². The van der Waals surface area contributed by atoms with E-state index in [2.05, 4.69) is 23.8 Å². The standard InChI is InChI=1S/C11H18N5O12P3.Na/c12-9-6-10(14-2-13-9)16(3-15-6)11-8(18)7(17)5(27-11)1-26-31(24,25)28-30(22,23)4-29(19,20)21;/h2-3,5,7-8,11,17-18H,1,4H2,(H,22,23)(H,24,25)(H2,12,13,14)(H2,19,20,21);/q;+1/p-1. The van der Waals surface area contributed by atoms with E-state index in [1.807, 2.05) is 0 Å². The molecule has 0 spiro atoms. The minimum Gasteiger partial charge on any atom is -0.778 e. The summed E-state index contributed by atoms with van der Waals surface area (Å²) in [5, 5.41) is 20.4. The molecule has 0 radical (unpaired) electrons. The summed E-state index contributed by atoms with van der Waals surface area (Å²) in [4.78, 5) is 49.8. The molecule has 0 aliphatic carbocycles. The number of anilines is 1. The van der Waals surface area contributed by atoms with Gasteiger partial charge in [0.15, 0.2) is 17.7 Å². The first-order valence-corrected chi connectivity index (χ1v) is 13.2. The van der Waals surface area contributed by atoms with Crippen molar-refractivity contribution >= 4 is 40.0 Å². The molecule has 21 heteroatoms. The van der Waals surface area contributed by atoms with Crippen molar-refractivity contribution in [2.45, 2.75) is 24.5 Å². The van der Waals surface area contributed by atoms with Crippen LogP contribution in [-0.2, 0) is 27.3 Å². The zero-order valence-corrected chi connectivity index (χ0v) is 20.9. The topological polar surface area (TPSA) is 273 Å². The number of phosphoric acid groups is 1. The first-order valence-electron chi connectivity index (χ1n) is 8.17. The number of hydrogen-bond donors (Lipinski definition) is 6. The van der Waals surface area contributed by atoms with Gasteiger partial charge in [0.25, 0.3) is 0 Å². The van der Waals surface area contributed by atoms with E-state index in [0.717, 1.165) is 6.33 Å². The van der Waals surface area contributed by atoms with Crippen LogP contribution in [0.1, 0.15) is 6.23 Å². The molecule has 1 aliphatic rings. The molecule has 0 aromatic carbocycles. The van der Waals surface area contributed by atoms with E-state index in [9.17, 15) is 38.6 Å². The Hall–Kier alpha value is -0.320. The van der Waals surface area contributed by atoms with Crippen molar-refractivity contribution in [2.75, 3.05) is 18.2 Å². The minimum absolute atomic E-state index is 0. The van der Waals surface area contributed by atoms with Crippen molar-refractivity contribution in [1.29, 1.82) is 0 Å². The third kappa shape index (κ3) is 6.63. The second-order valence-corrected chi connectivity index (χ2v) is 11.9. The number of aliphatic hydroxyl groups excluding tert-OH is 2. The molecule has 3 rings (SSSR count). The number of nitrogens with two attached hydrogens (primary N) is 1. The number of ether oxygens (including phenoxy) is 1. The van der Waals surface area contributed by atoms with Crippen LogP contribution < -0.4 is 40.2 Å². The summed E-state index contributed by atoms with van der Waals surface area (Å²) in [5.74, 6) is -1.77. The Balaban J connectivity index is 0.00000363. The molecular weight excluding hydrogens is 510 g/mol. The molecule has 17 nitrogen and oxygen atoms in total. The van der Waals surface area contributed by atoms with Crippen LogP contribution in [0.4, 0.5) is 5.82 Å². The number of hydrogen-bond acceptors (Lipinski definition) is 13. The summed E-state index contributed by atoms with van der Waals surface area (Å²) >= 11 is 0. The van der Waals surface area contributed by atoms with Crippen LogP contribution >= 0.6 is 23.0 Å². The third-order valence-electron chi connectivity index (χ3n) is 3.99. The van der Waals surface area contributed by atoms with E-state index >= 15 is 0 Å². The van der Waals surface area contributed by atoms with Crippen LogP contribution in [-0.4, -0.2) is 75.2 Å². The van der Waals surface area contributed by atoms with Crippen molar-refractivity contribution in [3.8, 4) is 0 Å². The number of phosphoric ester groups is 1. The van der Waals surface area contributed by atoms with E-state index in [1.165, 1.54) is 10.9 Å². The predicted octanol–water partition coefficient (Wildman–Crippen LogP) is -5.15. The fraction of sp³-hybridized carbons (Fsp3) is 0.545.